The molecule has 0 saturated heterocycles. The Morgan fingerprint density at radius 1 is 1.24 bits per heavy atom. The highest BCUT2D eigenvalue weighted by atomic mass is 79.9. The number of nitrogens with one attached hydrogen (secondary N) is 2. The van der Waals surface area contributed by atoms with Crippen molar-refractivity contribution < 1.29 is 8.42 Å². The van der Waals surface area contributed by atoms with Gasteiger partial charge in [-0.25, -0.2) is 13.1 Å². The molecule has 1 unspecified atom stereocenters. The SMILES string of the molecule is CCNCc1ccc(S(=O)(=O)NCC(C)C(C)C)c(Br)c1. The summed E-state index contributed by atoms with van der Waals surface area (Å²) in [5, 5.41) is 3.22. The molecule has 0 fully saturated rings. The lowest BCUT2D eigenvalue weighted by Gasteiger charge is -2.17. The highest BCUT2D eigenvalue weighted by Crippen LogP contribution is 2.23. The number of rotatable bonds is 8. The Morgan fingerprint density at radius 2 is 1.90 bits per heavy atom. The minimum Gasteiger partial charge on any atom is -0.313 e. The smallest absolute Gasteiger partial charge is 0.241 e. The largest absolute Gasteiger partial charge is 0.313 e. The molecule has 1 aromatic rings. The Morgan fingerprint density at radius 3 is 2.43 bits per heavy atom. The molecular weight excluding hydrogens is 352 g/mol. The highest BCUT2D eigenvalue weighted by Gasteiger charge is 2.19. The zero-order valence-corrected chi connectivity index (χ0v) is 15.5. The molecule has 0 amide bonds. The van der Waals surface area contributed by atoms with Crippen LogP contribution in [0, 0.1) is 11.8 Å². The van der Waals surface area contributed by atoms with E-state index < -0.39 is 10.0 Å². The van der Waals surface area contributed by atoms with Crippen LogP contribution in [0.15, 0.2) is 27.6 Å². The summed E-state index contributed by atoms with van der Waals surface area (Å²) >= 11 is 3.36. The molecule has 120 valence electrons. The molecule has 4 nitrogen and oxygen atoms in total. The summed E-state index contributed by atoms with van der Waals surface area (Å²) < 4.78 is 28.0. The van der Waals surface area contributed by atoms with E-state index >= 15 is 0 Å². The fraction of sp³-hybridized carbons (Fsp3) is 0.600. The van der Waals surface area contributed by atoms with Crippen molar-refractivity contribution in [3.8, 4) is 0 Å². The average Bonchev–Trinajstić information content (AvgIpc) is 2.42. The summed E-state index contributed by atoms with van der Waals surface area (Å²) in [6, 6.07) is 5.34. The van der Waals surface area contributed by atoms with Crippen LogP contribution in [0.2, 0.25) is 0 Å². The van der Waals surface area contributed by atoms with Crippen molar-refractivity contribution in [3.05, 3.63) is 28.2 Å². The van der Waals surface area contributed by atoms with Gasteiger partial charge in [-0.15, -0.1) is 0 Å². The molecule has 0 radical (unpaired) electrons. The van der Waals surface area contributed by atoms with Crippen molar-refractivity contribution in [2.45, 2.75) is 39.1 Å². The van der Waals surface area contributed by atoms with Crippen LogP contribution in [-0.4, -0.2) is 21.5 Å². The monoisotopic (exact) mass is 376 g/mol. The van der Waals surface area contributed by atoms with E-state index in [-0.39, 0.29) is 0 Å². The van der Waals surface area contributed by atoms with Crippen molar-refractivity contribution in [2.75, 3.05) is 13.1 Å². The van der Waals surface area contributed by atoms with Gasteiger partial charge in [0.15, 0.2) is 0 Å². The van der Waals surface area contributed by atoms with Crippen molar-refractivity contribution >= 4 is 26.0 Å². The van der Waals surface area contributed by atoms with Gasteiger partial charge < -0.3 is 5.32 Å². The van der Waals surface area contributed by atoms with E-state index in [1.165, 1.54) is 0 Å². The second-order valence-electron chi connectivity index (χ2n) is 5.62. The van der Waals surface area contributed by atoms with E-state index in [9.17, 15) is 8.42 Å². The number of benzene rings is 1. The van der Waals surface area contributed by atoms with E-state index in [0.717, 1.165) is 18.7 Å². The number of sulfonamides is 1. The molecule has 21 heavy (non-hydrogen) atoms. The zero-order valence-electron chi connectivity index (χ0n) is 13.1. The third kappa shape index (κ3) is 5.70. The Hall–Kier alpha value is -0.430. The Kier molecular flexibility index (Phi) is 7.33. The van der Waals surface area contributed by atoms with Crippen LogP contribution >= 0.6 is 15.9 Å². The molecule has 1 aromatic carbocycles. The van der Waals surface area contributed by atoms with Gasteiger partial charge in [0.2, 0.25) is 10.0 Å². The first-order valence-electron chi connectivity index (χ1n) is 7.26. The maximum atomic E-state index is 12.3. The third-order valence-electron chi connectivity index (χ3n) is 3.60. The van der Waals surface area contributed by atoms with E-state index in [4.69, 9.17) is 0 Å². The second-order valence-corrected chi connectivity index (χ2v) is 8.21. The van der Waals surface area contributed by atoms with Crippen LogP contribution in [-0.2, 0) is 16.6 Å². The normalized spacial score (nSPS) is 13.6. The standard InChI is InChI=1S/C15H25BrN2O2S/c1-5-17-10-13-6-7-15(14(16)8-13)21(19,20)18-9-12(4)11(2)3/h6-8,11-12,17-18H,5,9-10H2,1-4H3. The van der Waals surface area contributed by atoms with Crippen LogP contribution in [0.1, 0.15) is 33.3 Å². The van der Waals surface area contributed by atoms with E-state index in [1.54, 1.807) is 6.07 Å². The lowest BCUT2D eigenvalue weighted by Crippen LogP contribution is -2.30. The van der Waals surface area contributed by atoms with Crippen LogP contribution in [0.25, 0.3) is 0 Å². The molecule has 0 aromatic heterocycles. The number of hydrogen-bond donors (Lipinski definition) is 2. The molecule has 0 aliphatic rings. The lowest BCUT2D eigenvalue weighted by molar-refractivity contribution is 0.414. The quantitative estimate of drug-likeness (QED) is 0.732. The molecule has 0 bridgehead atoms. The van der Waals surface area contributed by atoms with Gasteiger partial charge in [-0.2, -0.15) is 0 Å². The van der Waals surface area contributed by atoms with E-state index in [2.05, 4.69) is 39.8 Å². The maximum absolute atomic E-state index is 12.3. The predicted octanol–water partition coefficient (Wildman–Crippen LogP) is 3.13. The Labute approximate surface area is 136 Å². The fourth-order valence-electron chi connectivity index (χ4n) is 1.70. The highest BCUT2D eigenvalue weighted by molar-refractivity contribution is 9.10. The van der Waals surface area contributed by atoms with Crippen molar-refractivity contribution in [1.82, 2.24) is 10.0 Å². The first kappa shape index (κ1) is 18.6. The van der Waals surface area contributed by atoms with E-state index in [1.807, 2.05) is 26.0 Å². The van der Waals surface area contributed by atoms with Gasteiger partial charge in [0.05, 0.1) is 4.90 Å². The summed E-state index contributed by atoms with van der Waals surface area (Å²) in [5.74, 6) is 0.741. The molecule has 6 heteroatoms. The first-order chi connectivity index (χ1) is 9.77. The van der Waals surface area contributed by atoms with Gasteiger partial charge in [0.25, 0.3) is 0 Å². The summed E-state index contributed by atoms with van der Waals surface area (Å²) in [4.78, 5) is 0.290. The minimum absolute atomic E-state index is 0.290. The molecular formula is C15H25BrN2O2S. The van der Waals surface area contributed by atoms with E-state index in [0.29, 0.717) is 27.7 Å². The fourth-order valence-corrected chi connectivity index (χ4v) is 3.96. The Bertz CT molecular complexity index is 559. The minimum atomic E-state index is -3.47. The van der Waals surface area contributed by atoms with Crippen LogP contribution in [0.3, 0.4) is 0 Å². The lowest BCUT2D eigenvalue weighted by atomic mass is 9.99. The zero-order chi connectivity index (χ0) is 16.0. The summed E-state index contributed by atoms with van der Waals surface area (Å²) in [6.07, 6.45) is 0. The van der Waals surface area contributed by atoms with Crippen LogP contribution in [0.4, 0.5) is 0 Å². The topological polar surface area (TPSA) is 58.2 Å². The van der Waals surface area contributed by atoms with Crippen LogP contribution < -0.4 is 10.0 Å². The van der Waals surface area contributed by atoms with Crippen molar-refractivity contribution in [1.29, 1.82) is 0 Å². The first-order valence-corrected chi connectivity index (χ1v) is 9.54. The van der Waals surface area contributed by atoms with Gasteiger partial charge in [0, 0.05) is 17.6 Å². The summed E-state index contributed by atoms with van der Waals surface area (Å²) in [7, 11) is -3.47. The molecule has 2 N–H and O–H groups in total. The molecule has 0 saturated carbocycles. The molecule has 1 atom stereocenters. The average molecular weight is 377 g/mol. The van der Waals surface area contributed by atoms with Gasteiger partial charge in [0.1, 0.15) is 0 Å². The molecule has 0 heterocycles. The Balaban J connectivity index is 2.83. The molecule has 1 rings (SSSR count). The summed E-state index contributed by atoms with van der Waals surface area (Å²) in [6.45, 7) is 10.3. The molecule has 0 aliphatic carbocycles. The van der Waals surface area contributed by atoms with Gasteiger partial charge in [-0.05, 0) is 52.0 Å². The van der Waals surface area contributed by atoms with Gasteiger partial charge in [-0.3, -0.25) is 0 Å². The summed E-state index contributed by atoms with van der Waals surface area (Å²) in [5.41, 5.74) is 1.05. The predicted molar refractivity (Wildman–Crippen MR) is 90.7 cm³/mol. The number of halogens is 1. The third-order valence-corrected chi connectivity index (χ3v) is 6.00. The van der Waals surface area contributed by atoms with Crippen molar-refractivity contribution in [3.63, 3.8) is 0 Å². The second kappa shape index (κ2) is 8.27. The van der Waals surface area contributed by atoms with Gasteiger partial charge >= 0.3 is 0 Å². The molecule has 0 aliphatic heterocycles. The maximum Gasteiger partial charge on any atom is 0.241 e. The number of hydrogen-bond acceptors (Lipinski definition) is 3. The van der Waals surface area contributed by atoms with Crippen molar-refractivity contribution in [2.24, 2.45) is 11.8 Å². The molecule has 0 spiro atoms. The van der Waals surface area contributed by atoms with Crippen LogP contribution in [0.5, 0.6) is 0 Å². The van der Waals surface area contributed by atoms with Gasteiger partial charge in [-0.1, -0.05) is 33.8 Å².